The van der Waals surface area contributed by atoms with E-state index in [0.29, 0.717) is 29.2 Å². The highest BCUT2D eigenvalue weighted by Crippen LogP contribution is 2.33. The first-order chi connectivity index (χ1) is 16.4. The number of amides is 2. The number of nitrogens with two attached hydrogens (primary N) is 2. The Balaban J connectivity index is 1.50. The Bertz CT molecular complexity index is 823. The number of guanidine groups is 1. The third kappa shape index (κ3) is 8.45. The maximum atomic E-state index is 12.6. The summed E-state index contributed by atoms with van der Waals surface area (Å²) >= 11 is 5.88. The predicted molar refractivity (Wildman–Crippen MR) is 137 cm³/mol. The SMILES string of the molecule is NC(N)=NCCNCCN1CCC(NC(=O)C(=O)Nc2ccc(Cl)cc2)CC1C1CCCCC1. The Morgan fingerprint density at radius 3 is 2.47 bits per heavy atom. The van der Waals surface area contributed by atoms with Gasteiger partial charge in [0.2, 0.25) is 0 Å². The fourth-order valence-corrected chi connectivity index (χ4v) is 5.17. The number of rotatable bonds is 9. The lowest BCUT2D eigenvalue weighted by Gasteiger charge is -2.44. The lowest BCUT2D eigenvalue weighted by atomic mass is 9.78. The highest BCUT2D eigenvalue weighted by atomic mass is 35.5. The number of carbonyl (C=O) groups excluding carboxylic acids is 2. The number of hydrogen-bond acceptors (Lipinski definition) is 5. The lowest BCUT2D eigenvalue weighted by molar-refractivity contribution is -0.137. The van der Waals surface area contributed by atoms with Gasteiger partial charge in [0.15, 0.2) is 5.96 Å². The van der Waals surface area contributed by atoms with Gasteiger partial charge in [0, 0.05) is 49.0 Å². The van der Waals surface area contributed by atoms with Crippen LogP contribution in [0.25, 0.3) is 0 Å². The maximum Gasteiger partial charge on any atom is 0.313 e. The lowest BCUT2D eigenvalue weighted by Crippen LogP contribution is -2.55. The van der Waals surface area contributed by atoms with E-state index in [1.54, 1.807) is 24.3 Å². The average Bonchev–Trinajstić information content (AvgIpc) is 2.83. The molecule has 9 nitrogen and oxygen atoms in total. The number of aliphatic imine (C=N–C) groups is 1. The minimum absolute atomic E-state index is 0.00136. The van der Waals surface area contributed by atoms with Crippen LogP contribution in [0.5, 0.6) is 0 Å². The van der Waals surface area contributed by atoms with Crippen molar-refractivity contribution in [1.82, 2.24) is 15.5 Å². The zero-order valence-electron chi connectivity index (χ0n) is 19.8. The Labute approximate surface area is 207 Å². The van der Waals surface area contributed by atoms with Gasteiger partial charge in [-0.15, -0.1) is 0 Å². The summed E-state index contributed by atoms with van der Waals surface area (Å²) in [5.41, 5.74) is 11.3. The first-order valence-corrected chi connectivity index (χ1v) is 12.7. The molecule has 2 amide bonds. The van der Waals surface area contributed by atoms with Crippen LogP contribution in [0.1, 0.15) is 44.9 Å². The van der Waals surface area contributed by atoms with E-state index in [2.05, 4.69) is 25.8 Å². The van der Waals surface area contributed by atoms with Crippen molar-refractivity contribution in [3.63, 3.8) is 0 Å². The Morgan fingerprint density at radius 1 is 1.03 bits per heavy atom. The number of hydrogen-bond donors (Lipinski definition) is 5. The number of piperidine rings is 1. The summed E-state index contributed by atoms with van der Waals surface area (Å²) in [6.45, 7) is 4.02. The Kier molecular flexibility index (Phi) is 10.4. The largest absolute Gasteiger partial charge is 0.370 e. The van der Waals surface area contributed by atoms with Gasteiger partial charge in [-0.3, -0.25) is 19.5 Å². The number of halogens is 1. The molecule has 1 aliphatic heterocycles. The van der Waals surface area contributed by atoms with Crippen LogP contribution >= 0.6 is 11.6 Å². The number of carbonyl (C=O) groups is 2. The van der Waals surface area contributed by atoms with Gasteiger partial charge in [0.05, 0.1) is 6.54 Å². The molecular formula is C24H38ClN7O2. The zero-order valence-corrected chi connectivity index (χ0v) is 20.5. The van der Waals surface area contributed by atoms with Crippen LogP contribution in [0.4, 0.5) is 5.69 Å². The van der Waals surface area contributed by atoms with Gasteiger partial charge in [-0.2, -0.15) is 0 Å². The molecule has 1 saturated heterocycles. The van der Waals surface area contributed by atoms with Crippen LogP contribution in [0.2, 0.25) is 5.02 Å². The predicted octanol–water partition coefficient (Wildman–Crippen LogP) is 1.67. The zero-order chi connectivity index (χ0) is 24.3. The fourth-order valence-electron chi connectivity index (χ4n) is 5.05. The van der Waals surface area contributed by atoms with Crippen LogP contribution in [0.15, 0.2) is 29.3 Å². The molecule has 2 fully saturated rings. The van der Waals surface area contributed by atoms with E-state index in [0.717, 1.165) is 39.0 Å². The van der Waals surface area contributed by atoms with Crippen molar-refractivity contribution in [2.45, 2.75) is 57.0 Å². The number of likely N-dealkylation sites (tertiary alicyclic amines) is 1. The quantitative estimate of drug-likeness (QED) is 0.154. The monoisotopic (exact) mass is 491 g/mol. The standard InChI is InChI=1S/C24H38ClN7O2/c25-18-6-8-19(9-7-18)30-22(33)23(34)31-20-10-14-32(15-13-28-11-12-29-24(26)27)21(16-20)17-4-2-1-3-5-17/h6-9,17,20-21,28H,1-5,10-16H2,(H,30,33)(H,31,34)(H4,26,27,29). The summed E-state index contributed by atoms with van der Waals surface area (Å²) in [5, 5.41) is 9.60. The van der Waals surface area contributed by atoms with Crippen molar-refractivity contribution in [1.29, 1.82) is 0 Å². The van der Waals surface area contributed by atoms with E-state index < -0.39 is 11.8 Å². The number of benzene rings is 1. The molecule has 2 aliphatic rings. The smallest absolute Gasteiger partial charge is 0.313 e. The minimum Gasteiger partial charge on any atom is -0.370 e. The first-order valence-electron chi connectivity index (χ1n) is 12.3. The molecule has 1 aromatic carbocycles. The van der Waals surface area contributed by atoms with E-state index in [1.165, 1.54) is 32.1 Å². The fraction of sp³-hybridized carbons (Fsp3) is 0.625. The van der Waals surface area contributed by atoms with E-state index in [4.69, 9.17) is 23.1 Å². The molecule has 1 aliphatic carbocycles. The van der Waals surface area contributed by atoms with Crippen molar-refractivity contribution >= 4 is 35.1 Å². The van der Waals surface area contributed by atoms with Crippen LogP contribution in [0, 0.1) is 5.92 Å². The summed E-state index contributed by atoms with van der Waals surface area (Å²) in [4.78, 5) is 31.5. The molecule has 34 heavy (non-hydrogen) atoms. The third-order valence-electron chi connectivity index (χ3n) is 6.76. The normalized spacial score (nSPS) is 21.6. The van der Waals surface area contributed by atoms with Crippen molar-refractivity contribution in [2.24, 2.45) is 22.4 Å². The molecule has 2 atom stereocenters. The first kappa shape index (κ1) is 26.2. The molecule has 7 N–H and O–H groups in total. The highest BCUT2D eigenvalue weighted by Gasteiger charge is 2.35. The molecule has 188 valence electrons. The molecule has 0 bridgehead atoms. The highest BCUT2D eigenvalue weighted by molar-refractivity contribution is 6.39. The molecule has 10 heteroatoms. The van der Waals surface area contributed by atoms with E-state index in [-0.39, 0.29) is 12.0 Å². The van der Waals surface area contributed by atoms with Gasteiger partial charge < -0.3 is 27.4 Å². The summed E-state index contributed by atoms with van der Waals surface area (Å²) in [6, 6.07) is 7.12. The second kappa shape index (κ2) is 13.5. The van der Waals surface area contributed by atoms with Gasteiger partial charge in [0.1, 0.15) is 0 Å². The van der Waals surface area contributed by atoms with Crippen LogP contribution in [-0.2, 0) is 9.59 Å². The molecular weight excluding hydrogens is 454 g/mol. The Hall–Kier alpha value is -2.36. The maximum absolute atomic E-state index is 12.6. The van der Waals surface area contributed by atoms with Crippen LogP contribution in [0.3, 0.4) is 0 Å². The Morgan fingerprint density at radius 2 is 1.76 bits per heavy atom. The van der Waals surface area contributed by atoms with Crippen molar-refractivity contribution < 1.29 is 9.59 Å². The average molecular weight is 492 g/mol. The molecule has 1 heterocycles. The molecule has 0 aromatic heterocycles. The van der Waals surface area contributed by atoms with Crippen LogP contribution < -0.4 is 27.4 Å². The van der Waals surface area contributed by atoms with Crippen molar-refractivity contribution in [2.75, 3.05) is 38.0 Å². The number of nitrogens with zero attached hydrogens (tertiary/aromatic N) is 2. The summed E-state index contributed by atoms with van der Waals surface area (Å²) in [6.07, 6.45) is 8.02. The molecule has 0 spiro atoms. The van der Waals surface area contributed by atoms with Gasteiger partial charge in [-0.1, -0.05) is 30.9 Å². The van der Waals surface area contributed by atoms with Crippen molar-refractivity contribution in [3.8, 4) is 0 Å². The minimum atomic E-state index is -0.649. The van der Waals surface area contributed by atoms with Gasteiger partial charge in [0.25, 0.3) is 0 Å². The van der Waals surface area contributed by atoms with E-state index >= 15 is 0 Å². The molecule has 1 aromatic rings. The third-order valence-corrected chi connectivity index (χ3v) is 7.01. The van der Waals surface area contributed by atoms with Gasteiger partial charge in [-0.25, -0.2) is 0 Å². The molecule has 0 radical (unpaired) electrons. The van der Waals surface area contributed by atoms with E-state index in [9.17, 15) is 9.59 Å². The van der Waals surface area contributed by atoms with Gasteiger partial charge in [-0.05, 0) is 55.9 Å². The molecule has 1 saturated carbocycles. The van der Waals surface area contributed by atoms with Gasteiger partial charge >= 0.3 is 11.8 Å². The summed E-state index contributed by atoms with van der Waals surface area (Å²) in [5.74, 6) is -0.482. The summed E-state index contributed by atoms with van der Waals surface area (Å²) < 4.78 is 0. The molecule has 3 rings (SSSR count). The van der Waals surface area contributed by atoms with E-state index in [1.807, 2.05) is 0 Å². The topological polar surface area (TPSA) is 138 Å². The second-order valence-electron chi connectivity index (χ2n) is 9.21. The number of nitrogens with one attached hydrogen (secondary N) is 3. The van der Waals surface area contributed by atoms with Crippen molar-refractivity contribution in [3.05, 3.63) is 29.3 Å². The summed E-state index contributed by atoms with van der Waals surface area (Å²) in [7, 11) is 0. The van der Waals surface area contributed by atoms with Crippen LogP contribution in [-0.4, -0.2) is 67.5 Å². The number of anilines is 1. The molecule has 2 unspecified atom stereocenters. The second-order valence-corrected chi connectivity index (χ2v) is 9.65.